The summed E-state index contributed by atoms with van der Waals surface area (Å²) in [6.45, 7) is 1.81. The molecule has 4 rings (SSSR count). The number of carbonyl (C=O) groups is 1. The van der Waals surface area contributed by atoms with Crippen LogP contribution in [0.1, 0.15) is 15.9 Å². The molecule has 1 N–H and O–H groups in total. The van der Waals surface area contributed by atoms with Gasteiger partial charge in [0.2, 0.25) is 5.91 Å². The summed E-state index contributed by atoms with van der Waals surface area (Å²) >= 11 is 0. The summed E-state index contributed by atoms with van der Waals surface area (Å²) in [5, 5.41) is 3.52. The normalized spacial score (nSPS) is 13.5. The number of amides is 1. The fourth-order valence-corrected chi connectivity index (χ4v) is 3.20. The number of nitrogens with zero attached hydrogens (tertiary/aromatic N) is 1. The number of anilines is 2. The molecule has 0 fully saturated rings. The van der Waals surface area contributed by atoms with E-state index in [9.17, 15) is 4.79 Å². The number of carbonyl (C=O) groups excluding carboxylic acids is 1. The van der Waals surface area contributed by atoms with Crippen molar-refractivity contribution in [1.82, 2.24) is 0 Å². The van der Waals surface area contributed by atoms with Crippen LogP contribution in [0.15, 0.2) is 78.9 Å². The van der Waals surface area contributed by atoms with Gasteiger partial charge >= 0.3 is 6.98 Å². The lowest BCUT2D eigenvalue weighted by Gasteiger charge is -2.36. The average Bonchev–Trinajstić information content (AvgIpc) is 2.63. The van der Waals surface area contributed by atoms with Gasteiger partial charge in [0.15, 0.2) is 0 Å². The van der Waals surface area contributed by atoms with Gasteiger partial charge in [-0.05, 0) is 36.1 Å². The number of rotatable bonds is 2. The molecule has 3 aromatic rings. The highest BCUT2D eigenvalue weighted by Crippen LogP contribution is 2.29. The van der Waals surface area contributed by atoms with Crippen molar-refractivity contribution in [3.8, 4) is 0 Å². The first-order chi connectivity index (χ1) is 11.8. The third-order valence-electron chi connectivity index (χ3n) is 4.42. The molecule has 3 aromatic carbocycles. The molecule has 0 aliphatic carbocycles. The van der Waals surface area contributed by atoms with Gasteiger partial charge in [-0.2, -0.15) is 0 Å². The third-order valence-corrected chi connectivity index (χ3v) is 4.42. The van der Waals surface area contributed by atoms with E-state index in [1.807, 2.05) is 90.6 Å². The van der Waals surface area contributed by atoms with Crippen LogP contribution in [0, 0.1) is 6.92 Å². The van der Waals surface area contributed by atoms with Gasteiger partial charge in [-0.1, -0.05) is 60.7 Å². The van der Waals surface area contributed by atoms with Gasteiger partial charge in [0.1, 0.15) is 0 Å². The second-order valence-electron chi connectivity index (χ2n) is 5.96. The Morgan fingerprint density at radius 1 is 0.833 bits per heavy atom. The first kappa shape index (κ1) is 14.6. The van der Waals surface area contributed by atoms with Crippen molar-refractivity contribution in [2.24, 2.45) is 0 Å². The topological polar surface area (TPSA) is 32.3 Å². The van der Waals surface area contributed by atoms with Gasteiger partial charge < -0.3 is 10.0 Å². The minimum atomic E-state index is -0.227. The molecular formula is C20H17BN2O. The van der Waals surface area contributed by atoms with Crippen molar-refractivity contribution < 1.29 is 4.79 Å². The molecule has 1 aliphatic rings. The Morgan fingerprint density at radius 3 is 2.29 bits per heavy atom. The Hall–Kier alpha value is -3.01. The minimum absolute atomic E-state index is 0.0208. The minimum Gasteiger partial charge on any atom is -0.404 e. The molecule has 116 valence electrons. The Bertz CT molecular complexity index is 895. The third kappa shape index (κ3) is 2.37. The number of benzene rings is 3. The van der Waals surface area contributed by atoms with E-state index in [0.29, 0.717) is 5.56 Å². The standard InChI is InChI=1S/C20H17BN2O/c1-15-9-5-8-14-19(15)23-20(24)17-12-6-7-13-18(17)22-21(23)16-10-3-2-4-11-16/h2-14,22H,1H3. The molecular weight excluding hydrogens is 295 g/mol. The van der Waals surface area contributed by atoms with E-state index in [4.69, 9.17) is 0 Å². The second kappa shape index (κ2) is 5.89. The highest BCUT2D eigenvalue weighted by Gasteiger charge is 2.38. The average molecular weight is 312 g/mol. The Labute approximate surface area is 142 Å². The smallest absolute Gasteiger partial charge is 0.404 e. The summed E-state index contributed by atoms with van der Waals surface area (Å²) in [7, 11) is 0. The van der Waals surface area contributed by atoms with Gasteiger partial charge in [-0.15, -0.1) is 0 Å². The molecule has 0 saturated carbocycles. The van der Waals surface area contributed by atoms with Crippen LogP contribution in [0.4, 0.5) is 11.4 Å². The molecule has 1 aliphatic heterocycles. The van der Waals surface area contributed by atoms with Crippen LogP contribution in [-0.2, 0) is 0 Å². The summed E-state index contributed by atoms with van der Waals surface area (Å²) < 4.78 is 0. The Kier molecular flexibility index (Phi) is 3.58. The molecule has 0 aromatic heterocycles. The van der Waals surface area contributed by atoms with Crippen LogP contribution < -0.4 is 15.5 Å². The fourth-order valence-electron chi connectivity index (χ4n) is 3.20. The maximum Gasteiger partial charge on any atom is 0.415 e. The molecule has 1 heterocycles. The van der Waals surface area contributed by atoms with E-state index in [1.54, 1.807) is 0 Å². The number of fused-ring (bicyclic) bond motifs is 1. The van der Waals surface area contributed by atoms with Crippen LogP contribution >= 0.6 is 0 Å². The predicted molar refractivity (Wildman–Crippen MR) is 99.9 cm³/mol. The van der Waals surface area contributed by atoms with Gasteiger partial charge in [-0.25, -0.2) is 0 Å². The summed E-state index contributed by atoms with van der Waals surface area (Å²) in [6.07, 6.45) is 0. The van der Waals surface area contributed by atoms with Crippen molar-refractivity contribution in [3.63, 3.8) is 0 Å². The van der Waals surface area contributed by atoms with E-state index < -0.39 is 0 Å². The second-order valence-corrected chi connectivity index (χ2v) is 5.96. The Morgan fingerprint density at radius 2 is 1.50 bits per heavy atom. The van der Waals surface area contributed by atoms with E-state index in [-0.39, 0.29) is 12.9 Å². The van der Waals surface area contributed by atoms with Crippen molar-refractivity contribution in [2.45, 2.75) is 6.92 Å². The van der Waals surface area contributed by atoms with Gasteiger partial charge in [-0.3, -0.25) is 4.79 Å². The zero-order valence-corrected chi connectivity index (χ0v) is 13.4. The molecule has 0 spiro atoms. The Balaban J connectivity index is 1.90. The molecule has 24 heavy (non-hydrogen) atoms. The molecule has 1 amide bonds. The van der Waals surface area contributed by atoms with E-state index in [2.05, 4.69) is 5.23 Å². The highest BCUT2D eigenvalue weighted by atomic mass is 16.2. The summed E-state index contributed by atoms with van der Waals surface area (Å²) in [4.78, 5) is 15.1. The highest BCUT2D eigenvalue weighted by molar-refractivity contribution is 6.84. The van der Waals surface area contributed by atoms with Crippen molar-refractivity contribution >= 4 is 29.7 Å². The maximum atomic E-state index is 13.2. The van der Waals surface area contributed by atoms with Gasteiger partial charge in [0.25, 0.3) is 0 Å². The van der Waals surface area contributed by atoms with Crippen LogP contribution in [0.2, 0.25) is 0 Å². The summed E-state index contributed by atoms with van der Waals surface area (Å²) in [6, 6.07) is 25.7. The zero-order valence-electron chi connectivity index (χ0n) is 13.4. The molecule has 0 radical (unpaired) electrons. The summed E-state index contributed by atoms with van der Waals surface area (Å²) in [5.74, 6) is 0.0208. The largest absolute Gasteiger partial charge is 0.415 e. The molecule has 0 atom stereocenters. The number of aryl methyl sites for hydroxylation is 1. The lowest BCUT2D eigenvalue weighted by Crippen LogP contribution is -2.60. The first-order valence-electron chi connectivity index (χ1n) is 8.05. The monoisotopic (exact) mass is 312 g/mol. The lowest BCUT2D eigenvalue weighted by atomic mass is 9.63. The number of para-hydroxylation sites is 2. The predicted octanol–water partition coefficient (Wildman–Crippen LogP) is 3.46. The van der Waals surface area contributed by atoms with Crippen molar-refractivity contribution in [3.05, 3.63) is 90.0 Å². The fraction of sp³-hybridized carbons (Fsp3) is 0.0500. The summed E-state index contributed by atoms with van der Waals surface area (Å²) in [5.41, 5.74) is 4.64. The van der Waals surface area contributed by atoms with E-state index >= 15 is 0 Å². The number of hydrogen-bond acceptors (Lipinski definition) is 2. The SMILES string of the molecule is Cc1ccccc1N1B(c2ccccc2)Nc2ccccc2C1=O. The molecule has 0 unspecified atom stereocenters. The molecule has 0 bridgehead atoms. The molecule has 0 saturated heterocycles. The maximum absolute atomic E-state index is 13.2. The van der Waals surface area contributed by atoms with Crippen molar-refractivity contribution in [1.29, 1.82) is 0 Å². The molecule has 4 heteroatoms. The number of hydrogen-bond donors (Lipinski definition) is 1. The molecule has 3 nitrogen and oxygen atoms in total. The van der Waals surface area contributed by atoms with Crippen LogP contribution in [0.5, 0.6) is 0 Å². The van der Waals surface area contributed by atoms with E-state index in [0.717, 1.165) is 22.4 Å². The first-order valence-corrected chi connectivity index (χ1v) is 8.05. The zero-order chi connectivity index (χ0) is 16.5. The van der Waals surface area contributed by atoms with E-state index in [1.165, 1.54) is 0 Å². The quantitative estimate of drug-likeness (QED) is 0.735. The lowest BCUT2D eigenvalue weighted by molar-refractivity contribution is 0.100. The van der Waals surface area contributed by atoms with Crippen LogP contribution in [-0.4, -0.2) is 12.9 Å². The van der Waals surface area contributed by atoms with Crippen LogP contribution in [0.25, 0.3) is 0 Å². The van der Waals surface area contributed by atoms with Gasteiger partial charge in [0, 0.05) is 11.4 Å². The van der Waals surface area contributed by atoms with Crippen molar-refractivity contribution in [2.75, 3.05) is 10.0 Å². The van der Waals surface area contributed by atoms with Gasteiger partial charge in [0.05, 0.1) is 5.56 Å². The van der Waals surface area contributed by atoms with Crippen LogP contribution in [0.3, 0.4) is 0 Å². The number of nitrogens with one attached hydrogen (secondary N) is 1.